The van der Waals surface area contributed by atoms with E-state index in [0.29, 0.717) is 11.3 Å². The van der Waals surface area contributed by atoms with Gasteiger partial charge in [0, 0.05) is 11.6 Å². The Morgan fingerprint density at radius 3 is 2.29 bits per heavy atom. The number of nitrogens with two attached hydrogens (primary N) is 1. The summed E-state index contributed by atoms with van der Waals surface area (Å²) in [6.07, 6.45) is -0.734. The van der Waals surface area contributed by atoms with Gasteiger partial charge in [-0.15, -0.1) is 0 Å². The second-order valence-corrected chi connectivity index (χ2v) is 5.26. The van der Waals surface area contributed by atoms with Crippen LogP contribution in [0.4, 0.5) is 0 Å². The van der Waals surface area contributed by atoms with Gasteiger partial charge in [0.1, 0.15) is 11.5 Å². The Hall–Kier alpha value is -1.26. The second kappa shape index (κ2) is 4.94. The fourth-order valence-electron chi connectivity index (χ4n) is 1.64. The molecule has 96 valence electrons. The lowest BCUT2D eigenvalue weighted by atomic mass is 9.82. The Labute approximate surface area is 102 Å². The van der Waals surface area contributed by atoms with Crippen molar-refractivity contribution < 1.29 is 14.9 Å². The summed E-state index contributed by atoms with van der Waals surface area (Å²) < 4.78 is 4.99. The van der Waals surface area contributed by atoms with Gasteiger partial charge in [-0.3, -0.25) is 0 Å². The molecule has 0 amide bonds. The number of aliphatic hydroxyl groups excluding tert-OH is 1. The predicted octanol–water partition coefficient (Wildman–Crippen LogP) is 1.81. The van der Waals surface area contributed by atoms with Crippen molar-refractivity contribution in [1.82, 2.24) is 0 Å². The van der Waals surface area contributed by atoms with Gasteiger partial charge < -0.3 is 20.7 Å². The Morgan fingerprint density at radius 2 is 1.88 bits per heavy atom. The molecule has 0 spiro atoms. The molecule has 1 aromatic carbocycles. The number of aliphatic hydroxyl groups is 1. The van der Waals surface area contributed by atoms with Crippen LogP contribution in [0, 0.1) is 5.41 Å². The van der Waals surface area contributed by atoms with Gasteiger partial charge in [0.2, 0.25) is 0 Å². The minimum atomic E-state index is -0.734. The highest BCUT2D eigenvalue weighted by atomic mass is 16.5. The standard InChI is InChI=1S/C13H21NO3/c1-13(2,3)12(16)11(14)9-6-5-8(17-4)7-10(9)15/h5-7,11-12,15-16H,14H2,1-4H3/t11-,12-/m0/s1. The smallest absolute Gasteiger partial charge is 0.124 e. The molecule has 0 bridgehead atoms. The third kappa shape index (κ3) is 3.11. The normalized spacial score (nSPS) is 15.4. The molecular weight excluding hydrogens is 218 g/mol. The summed E-state index contributed by atoms with van der Waals surface area (Å²) in [5, 5.41) is 19.9. The molecule has 1 aromatic rings. The van der Waals surface area contributed by atoms with Gasteiger partial charge in [-0.2, -0.15) is 0 Å². The molecule has 4 N–H and O–H groups in total. The van der Waals surface area contributed by atoms with Crippen molar-refractivity contribution in [3.8, 4) is 11.5 Å². The molecule has 0 heterocycles. The first-order valence-electron chi connectivity index (χ1n) is 5.58. The number of rotatable bonds is 3. The minimum absolute atomic E-state index is 0.0418. The van der Waals surface area contributed by atoms with Crippen LogP contribution in [0.5, 0.6) is 11.5 Å². The molecule has 0 unspecified atom stereocenters. The van der Waals surface area contributed by atoms with E-state index in [0.717, 1.165) is 0 Å². The first-order chi connectivity index (χ1) is 7.77. The monoisotopic (exact) mass is 239 g/mol. The summed E-state index contributed by atoms with van der Waals surface area (Å²) >= 11 is 0. The largest absolute Gasteiger partial charge is 0.507 e. The van der Waals surface area contributed by atoms with E-state index >= 15 is 0 Å². The highest BCUT2D eigenvalue weighted by Crippen LogP contribution is 2.34. The number of phenolic OH excluding ortho intramolecular Hbond substituents is 1. The molecule has 0 aromatic heterocycles. The van der Waals surface area contributed by atoms with Gasteiger partial charge in [0.15, 0.2) is 0 Å². The van der Waals surface area contributed by atoms with Crippen LogP contribution in [0.1, 0.15) is 32.4 Å². The van der Waals surface area contributed by atoms with Crippen molar-refractivity contribution in [3.05, 3.63) is 23.8 Å². The van der Waals surface area contributed by atoms with Gasteiger partial charge >= 0.3 is 0 Å². The number of benzene rings is 1. The third-order valence-electron chi connectivity index (χ3n) is 2.82. The zero-order valence-corrected chi connectivity index (χ0v) is 10.8. The van der Waals surface area contributed by atoms with Crippen molar-refractivity contribution in [3.63, 3.8) is 0 Å². The van der Waals surface area contributed by atoms with Crippen LogP contribution in [-0.4, -0.2) is 23.4 Å². The molecule has 0 saturated carbocycles. The molecule has 4 heteroatoms. The molecule has 0 aliphatic carbocycles. The lowest BCUT2D eigenvalue weighted by Crippen LogP contribution is -2.36. The van der Waals surface area contributed by atoms with Crippen molar-refractivity contribution in [2.24, 2.45) is 11.1 Å². The number of hydrogen-bond acceptors (Lipinski definition) is 4. The fraction of sp³-hybridized carbons (Fsp3) is 0.538. The van der Waals surface area contributed by atoms with E-state index < -0.39 is 12.1 Å². The van der Waals surface area contributed by atoms with Crippen LogP contribution in [0.2, 0.25) is 0 Å². The van der Waals surface area contributed by atoms with E-state index in [-0.39, 0.29) is 11.2 Å². The average Bonchev–Trinajstić information content (AvgIpc) is 2.25. The summed E-state index contributed by atoms with van der Waals surface area (Å²) in [6.45, 7) is 5.70. The molecule has 17 heavy (non-hydrogen) atoms. The number of ether oxygens (including phenoxy) is 1. The quantitative estimate of drug-likeness (QED) is 0.752. The van der Waals surface area contributed by atoms with E-state index in [2.05, 4.69) is 0 Å². The summed E-state index contributed by atoms with van der Waals surface area (Å²) in [7, 11) is 1.53. The molecule has 0 aliphatic rings. The SMILES string of the molecule is COc1ccc([C@H](N)[C@H](O)C(C)(C)C)c(O)c1. The van der Waals surface area contributed by atoms with Crippen LogP contribution < -0.4 is 10.5 Å². The maximum atomic E-state index is 10.1. The van der Waals surface area contributed by atoms with Crippen molar-refractivity contribution >= 4 is 0 Å². The zero-order valence-electron chi connectivity index (χ0n) is 10.8. The lowest BCUT2D eigenvalue weighted by molar-refractivity contribution is 0.0394. The number of phenols is 1. The maximum Gasteiger partial charge on any atom is 0.124 e. The van der Waals surface area contributed by atoms with Gasteiger partial charge in [-0.05, 0) is 17.5 Å². The summed E-state index contributed by atoms with van der Waals surface area (Å²) in [4.78, 5) is 0. The molecule has 0 fully saturated rings. The predicted molar refractivity (Wildman–Crippen MR) is 67.0 cm³/mol. The minimum Gasteiger partial charge on any atom is -0.507 e. The van der Waals surface area contributed by atoms with Crippen LogP contribution >= 0.6 is 0 Å². The van der Waals surface area contributed by atoms with Crippen LogP contribution in [0.15, 0.2) is 18.2 Å². The van der Waals surface area contributed by atoms with E-state index in [9.17, 15) is 10.2 Å². The molecule has 0 radical (unpaired) electrons. The van der Waals surface area contributed by atoms with Crippen LogP contribution in [0.3, 0.4) is 0 Å². The van der Waals surface area contributed by atoms with E-state index in [4.69, 9.17) is 10.5 Å². The zero-order chi connectivity index (χ0) is 13.2. The maximum absolute atomic E-state index is 10.1. The van der Waals surface area contributed by atoms with Crippen molar-refractivity contribution in [2.45, 2.75) is 32.9 Å². The van der Waals surface area contributed by atoms with Gasteiger partial charge in [-0.25, -0.2) is 0 Å². The van der Waals surface area contributed by atoms with E-state index in [1.54, 1.807) is 12.1 Å². The van der Waals surface area contributed by atoms with Gasteiger partial charge in [0.05, 0.1) is 19.3 Å². The fourth-order valence-corrected chi connectivity index (χ4v) is 1.64. The third-order valence-corrected chi connectivity index (χ3v) is 2.82. The van der Waals surface area contributed by atoms with E-state index in [1.807, 2.05) is 20.8 Å². The molecule has 1 rings (SSSR count). The first kappa shape index (κ1) is 13.8. The number of methoxy groups -OCH3 is 1. The van der Waals surface area contributed by atoms with Crippen molar-refractivity contribution in [2.75, 3.05) is 7.11 Å². The van der Waals surface area contributed by atoms with E-state index in [1.165, 1.54) is 13.2 Å². The molecule has 0 saturated heterocycles. The Kier molecular flexibility index (Phi) is 4.01. The topological polar surface area (TPSA) is 75.7 Å². The first-order valence-corrected chi connectivity index (χ1v) is 5.58. The molecule has 4 nitrogen and oxygen atoms in total. The summed E-state index contributed by atoms with van der Waals surface area (Å²) in [5.74, 6) is 0.601. The van der Waals surface area contributed by atoms with Crippen LogP contribution in [0.25, 0.3) is 0 Å². The highest BCUT2D eigenvalue weighted by molar-refractivity contribution is 5.41. The molecular formula is C13H21NO3. The Bertz CT molecular complexity index is 385. The van der Waals surface area contributed by atoms with Crippen molar-refractivity contribution in [1.29, 1.82) is 0 Å². The van der Waals surface area contributed by atoms with Gasteiger partial charge in [0.25, 0.3) is 0 Å². The van der Waals surface area contributed by atoms with Gasteiger partial charge in [-0.1, -0.05) is 20.8 Å². The molecule has 0 aliphatic heterocycles. The second-order valence-electron chi connectivity index (χ2n) is 5.26. The number of aromatic hydroxyl groups is 1. The summed E-state index contributed by atoms with van der Waals surface area (Å²) in [5.41, 5.74) is 6.15. The average molecular weight is 239 g/mol. The van der Waals surface area contributed by atoms with Crippen LogP contribution in [-0.2, 0) is 0 Å². The Morgan fingerprint density at radius 1 is 1.29 bits per heavy atom. The highest BCUT2D eigenvalue weighted by Gasteiger charge is 2.30. The Balaban J connectivity index is 3.01. The number of hydrogen-bond donors (Lipinski definition) is 3. The lowest BCUT2D eigenvalue weighted by Gasteiger charge is -2.31. The summed E-state index contributed by atoms with van der Waals surface area (Å²) in [6, 6.07) is 4.25. The molecule has 2 atom stereocenters.